The summed E-state index contributed by atoms with van der Waals surface area (Å²) in [7, 11) is 0. The minimum atomic E-state index is -4.68. The highest BCUT2D eigenvalue weighted by Crippen LogP contribution is 2.54. The van der Waals surface area contributed by atoms with E-state index in [1.54, 1.807) is 18.2 Å². The number of halogens is 6. The van der Waals surface area contributed by atoms with Crippen LogP contribution in [0, 0.1) is 11.3 Å². The zero-order valence-electron chi connectivity index (χ0n) is 23.0. The monoisotopic (exact) mass is 585 g/mol. The van der Waals surface area contributed by atoms with Crippen LogP contribution < -0.4 is 10.1 Å². The number of carboxylic acid groups (broad SMARTS) is 1. The first kappa shape index (κ1) is 30.0. The number of fused-ring (bicyclic) bond motifs is 4. The third-order valence-electron chi connectivity index (χ3n) is 9.94. The molecule has 4 fully saturated rings. The second kappa shape index (κ2) is 11.3. The molecule has 0 amide bonds. The summed E-state index contributed by atoms with van der Waals surface area (Å²) >= 11 is 0. The highest BCUT2D eigenvalue weighted by Gasteiger charge is 2.48. The summed E-state index contributed by atoms with van der Waals surface area (Å²) in [6, 6.07) is 7.82. The van der Waals surface area contributed by atoms with Gasteiger partial charge in [0.1, 0.15) is 11.3 Å². The molecule has 0 radical (unpaired) electrons. The Labute approximate surface area is 235 Å². The van der Waals surface area contributed by atoms with Crippen molar-refractivity contribution in [2.24, 2.45) is 11.3 Å². The first-order valence-electron chi connectivity index (χ1n) is 14.6. The number of nitrogens with one attached hydrogen (secondary N) is 1. The Morgan fingerprint density at radius 2 is 1.59 bits per heavy atom. The number of rotatable bonds is 9. The number of hydrogen-bond acceptors (Lipinski definition) is 3. The van der Waals surface area contributed by atoms with E-state index in [9.17, 15) is 31.1 Å². The van der Waals surface area contributed by atoms with Gasteiger partial charge in [0.05, 0.1) is 12.0 Å². The Morgan fingerprint density at radius 3 is 2.17 bits per heavy atom. The van der Waals surface area contributed by atoms with Gasteiger partial charge in [-0.15, -0.1) is 0 Å². The van der Waals surface area contributed by atoms with E-state index in [4.69, 9.17) is 9.84 Å². The standard InChI is InChI=1S/C31H37F6NO3/c32-30(33,34)22-3-5-23(6-4-22)41-25-8-2-21-19-20(1-7-24(21)27(25)31(35,36)37)10-18-38-29-15-12-28(13-16-29,14-17-29)11-9-26(39)40/h1-2,7-8,19,22-23,38H,3-6,9-18H2,(H,39,40). The Balaban J connectivity index is 1.22. The second-order valence-electron chi connectivity index (χ2n) is 12.5. The summed E-state index contributed by atoms with van der Waals surface area (Å²) in [6.07, 6.45) is -2.08. The molecule has 0 spiro atoms. The van der Waals surface area contributed by atoms with Crippen molar-refractivity contribution in [2.45, 2.75) is 107 Å². The van der Waals surface area contributed by atoms with E-state index in [1.807, 2.05) is 0 Å². The van der Waals surface area contributed by atoms with Gasteiger partial charge in [-0.1, -0.05) is 24.3 Å². The third-order valence-corrected chi connectivity index (χ3v) is 9.94. The van der Waals surface area contributed by atoms with Crippen LogP contribution in [0.5, 0.6) is 5.75 Å². The number of hydrogen-bond donors (Lipinski definition) is 2. The molecule has 41 heavy (non-hydrogen) atoms. The fourth-order valence-corrected chi connectivity index (χ4v) is 7.34. The second-order valence-corrected chi connectivity index (χ2v) is 12.5. The minimum absolute atomic E-state index is 0.0199. The first-order chi connectivity index (χ1) is 19.3. The van der Waals surface area contributed by atoms with Gasteiger partial charge in [0.25, 0.3) is 0 Å². The van der Waals surface area contributed by atoms with Crippen LogP contribution in [0.4, 0.5) is 26.3 Å². The molecule has 0 aliphatic heterocycles. The highest BCUT2D eigenvalue weighted by atomic mass is 19.4. The lowest BCUT2D eigenvalue weighted by molar-refractivity contribution is -0.185. The van der Waals surface area contributed by atoms with Gasteiger partial charge in [0.15, 0.2) is 0 Å². The van der Waals surface area contributed by atoms with Gasteiger partial charge in [0.2, 0.25) is 0 Å². The normalized spacial score (nSPS) is 28.6. The smallest absolute Gasteiger partial charge is 0.420 e. The fraction of sp³-hybridized carbons (Fsp3) is 0.645. The fourth-order valence-electron chi connectivity index (χ4n) is 7.34. The molecule has 0 heterocycles. The molecule has 2 aromatic rings. The van der Waals surface area contributed by atoms with Gasteiger partial charge < -0.3 is 15.2 Å². The van der Waals surface area contributed by atoms with Crippen molar-refractivity contribution < 1.29 is 41.0 Å². The number of alkyl halides is 6. The quantitative estimate of drug-likeness (QED) is 0.290. The zero-order valence-corrected chi connectivity index (χ0v) is 23.0. The third kappa shape index (κ3) is 6.78. The molecule has 4 nitrogen and oxygen atoms in total. The molecule has 4 saturated carbocycles. The van der Waals surface area contributed by atoms with E-state index in [2.05, 4.69) is 5.32 Å². The van der Waals surface area contributed by atoms with Crippen molar-refractivity contribution in [3.63, 3.8) is 0 Å². The predicted octanol–water partition coefficient (Wildman–Crippen LogP) is 8.45. The van der Waals surface area contributed by atoms with Crippen LogP contribution in [0.15, 0.2) is 30.3 Å². The van der Waals surface area contributed by atoms with Crippen LogP contribution in [-0.4, -0.2) is 35.4 Å². The van der Waals surface area contributed by atoms with Crippen LogP contribution in [0.1, 0.15) is 88.2 Å². The molecule has 0 unspecified atom stereocenters. The molecule has 0 aromatic heterocycles. The summed E-state index contributed by atoms with van der Waals surface area (Å²) in [5.41, 5.74) is 0.237. The molecule has 4 aliphatic carbocycles. The van der Waals surface area contributed by atoms with Gasteiger partial charge in [-0.2, -0.15) is 26.3 Å². The molecule has 4 aliphatic rings. The van der Waals surface area contributed by atoms with E-state index in [1.165, 1.54) is 12.1 Å². The van der Waals surface area contributed by atoms with E-state index in [0.717, 1.165) is 50.5 Å². The van der Waals surface area contributed by atoms with Crippen molar-refractivity contribution in [3.05, 3.63) is 41.5 Å². The van der Waals surface area contributed by atoms with Crippen LogP contribution in [0.25, 0.3) is 10.8 Å². The van der Waals surface area contributed by atoms with E-state index in [-0.39, 0.29) is 54.2 Å². The van der Waals surface area contributed by atoms with E-state index >= 15 is 0 Å². The Bertz CT molecular complexity index is 1220. The molecule has 2 N–H and O–H groups in total. The summed E-state index contributed by atoms with van der Waals surface area (Å²) in [5.74, 6) is -2.50. The van der Waals surface area contributed by atoms with Crippen LogP contribution in [0.3, 0.4) is 0 Å². The predicted molar refractivity (Wildman–Crippen MR) is 143 cm³/mol. The maximum absolute atomic E-state index is 14.2. The number of benzene rings is 2. The Kier molecular flexibility index (Phi) is 8.27. The first-order valence-corrected chi connectivity index (χ1v) is 14.6. The lowest BCUT2D eigenvalue weighted by Gasteiger charge is -2.54. The molecule has 0 atom stereocenters. The van der Waals surface area contributed by atoms with Gasteiger partial charge in [-0.3, -0.25) is 4.79 Å². The zero-order chi connectivity index (χ0) is 29.5. The average molecular weight is 586 g/mol. The Morgan fingerprint density at radius 1 is 0.927 bits per heavy atom. The van der Waals surface area contributed by atoms with Crippen molar-refractivity contribution in [3.8, 4) is 5.75 Å². The molecule has 10 heteroatoms. The largest absolute Gasteiger partial charge is 0.490 e. The topological polar surface area (TPSA) is 58.6 Å². The molecule has 2 bridgehead atoms. The van der Waals surface area contributed by atoms with E-state index in [0.29, 0.717) is 18.4 Å². The lowest BCUT2D eigenvalue weighted by atomic mass is 9.56. The van der Waals surface area contributed by atoms with Crippen LogP contribution in [-0.2, 0) is 17.4 Å². The van der Waals surface area contributed by atoms with Crippen LogP contribution in [0.2, 0.25) is 0 Å². The average Bonchev–Trinajstić information content (AvgIpc) is 2.92. The minimum Gasteiger partial charge on any atom is -0.490 e. The van der Waals surface area contributed by atoms with Gasteiger partial charge in [-0.05, 0) is 111 Å². The van der Waals surface area contributed by atoms with E-state index < -0.39 is 35.9 Å². The van der Waals surface area contributed by atoms with Crippen molar-refractivity contribution in [1.29, 1.82) is 0 Å². The molecular weight excluding hydrogens is 548 g/mol. The molecular formula is C31H37F6NO3. The SMILES string of the molecule is O=C(O)CCC12CCC(NCCc3ccc4c(C(F)(F)F)c(OC5CCC(C(F)(F)F)CC5)ccc4c3)(CC1)CC2. The Hall–Kier alpha value is -2.49. The van der Waals surface area contributed by atoms with Crippen molar-refractivity contribution >= 4 is 16.7 Å². The summed E-state index contributed by atoms with van der Waals surface area (Å²) < 4.78 is 87.2. The summed E-state index contributed by atoms with van der Waals surface area (Å²) in [4.78, 5) is 11.0. The number of carbonyl (C=O) groups is 1. The number of carboxylic acids is 1. The van der Waals surface area contributed by atoms with Crippen molar-refractivity contribution in [2.75, 3.05) is 6.54 Å². The molecule has 2 aromatic carbocycles. The van der Waals surface area contributed by atoms with Gasteiger partial charge in [0, 0.05) is 12.0 Å². The number of ether oxygens (including phenoxy) is 1. The lowest BCUT2D eigenvalue weighted by Crippen LogP contribution is -2.55. The summed E-state index contributed by atoms with van der Waals surface area (Å²) in [6.45, 7) is 0.696. The maximum atomic E-state index is 14.2. The van der Waals surface area contributed by atoms with Crippen molar-refractivity contribution in [1.82, 2.24) is 5.32 Å². The summed E-state index contributed by atoms with van der Waals surface area (Å²) in [5, 5.41) is 13.2. The van der Waals surface area contributed by atoms with Gasteiger partial charge in [-0.25, -0.2) is 0 Å². The molecule has 0 saturated heterocycles. The highest BCUT2D eigenvalue weighted by molar-refractivity contribution is 5.89. The maximum Gasteiger partial charge on any atom is 0.420 e. The van der Waals surface area contributed by atoms with Crippen LogP contribution >= 0.6 is 0 Å². The molecule has 226 valence electrons. The molecule has 6 rings (SSSR count). The number of aliphatic carboxylic acids is 1. The van der Waals surface area contributed by atoms with Gasteiger partial charge >= 0.3 is 18.3 Å².